The van der Waals surface area contributed by atoms with E-state index < -0.39 is 0 Å². The molecule has 3 heterocycles. The van der Waals surface area contributed by atoms with Gasteiger partial charge in [-0.05, 0) is 42.7 Å². The lowest BCUT2D eigenvalue weighted by Crippen LogP contribution is -2.30. The van der Waals surface area contributed by atoms with Gasteiger partial charge in [0.15, 0.2) is 17.3 Å². The van der Waals surface area contributed by atoms with Crippen LogP contribution in [0.25, 0.3) is 11.6 Å². The fourth-order valence-corrected chi connectivity index (χ4v) is 3.69. The van der Waals surface area contributed by atoms with E-state index in [4.69, 9.17) is 18.4 Å². The van der Waals surface area contributed by atoms with Crippen LogP contribution in [0.3, 0.4) is 0 Å². The molecule has 152 valence electrons. The highest BCUT2D eigenvalue weighted by atomic mass is 16.5. The van der Waals surface area contributed by atoms with E-state index in [0.29, 0.717) is 41.8 Å². The first-order chi connectivity index (χ1) is 14.2. The third-order valence-electron chi connectivity index (χ3n) is 5.13. The van der Waals surface area contributed by atoms with Gasteiger partial charge in [-0.15, -0.1) is 0 Å². The maximum Gasteiger partial charge on any atom is 0.238 e. The Morgan fingerprint density at radius 2 is 2.10 bits per heavy atom. The van der Waals surface area contributed by atoms with E-state index >= 15 is 0 Å². The van der Waals surface area contributed by atoms with E-state index in [-0.39, 0.29) is 11.9 Å². The van der Waals surface area contributed by atoms with Crippen LogP contribution in [0.1, 0.15) is 36.8 Å². The van der Waals surface area contributed by atoms with Gasteiger partial charge >= 0.3 is 0 Å². The van der Waals surface area contributed by atoms with Gasteiger partial charge in [-0.2, -0.15) is 4.98 Å². The largest absolute Gasteiger partial charge is 0.493 e. The van der Waals surface area contributed by atoms with Gasteiger partial charge in [0, 0.05) is 19.4 Å². The molecule has 2 aromatic heterocycles. The molecule has 1 saturated heterocycles. The molecule has 1 aliphatic rings. The minimum Gasteiger partial charge on any atom is -0.493 e. The Morgan fingerprint density at radius 3 is 2.86 bits per heavy atom. The summed E-state index contributed by atoms with van der Waals surface area (Å²) in [6.45, 7) is 0.735. The maximum atomic E-state index is 12.9. The van der Waals surface area contributed by atoms with Crippen molar-refractivity contribution in [3.05, 3.63) is 48.0 Å². The topological polar surface area (TPSA) is 90.8 Å². The molecule has 0 aliphatic carbocycles. The SMILES string of the molecule is COc1ccc(C2CCCN2C(=O)CCc2nc(-c3ccco3)no2)cc1OC. The normalized spacial score (nSPS) is 16.2. The lowest BCUT2D eigenvalue weighted by atomic mass is 10.0. The molecule has 0 saturated carbocycles. The van der Waals surface area contributed by atoms with Gasteiger partial charge in [0.05, 0.1) is 26.5 Å². The number of carbonyl (C=O) groups is 1. The zero-order chi connectivity index (χ0) is 20.2. The van der Waals surface area contributed by atoms with Crippen molar-refractivity contribution in [2.45, 2.75) is 31.7 Å². The highest BCUT2D eigenvalue weighted by Crippen LogP contribution is 2.37. The van der Waals surface area contributed by atoms with Crippen molar-refractivity contribution in [3.8, 4) is 23.1 Å². The van der Waals surface area contributed by atoms with Gasteiger partial charge in [0.1, 0.15) is 0 Å². The van der Waals surface area contributed by atoms with Crippen LogP contribution in [-0.4, -0.2) is 41.7 Å². The number of aromatic nitrogens is 2. The van der Waals surface area contributed by atoms with Gasteiger partial charge in [0.2, 0.25) is 17.6 Å². The fourth-order valence-electron chi connectivity index (χ4n) is 3.69. The van der Waals surface area contributed by atoms with Crippen molar-refractivity contribution >= 4 is 5.91 Å². The molecule has 0 spiro atoms. The van der Waals surface area contributed by atoms with Crippen LogP contribution < -0.4 is 9.47 Å². The van der Waals surface area contributed by atoms with Crippen LogP contribution in [0.15, 0.2) is 45.5 Å². The lowest BCUT2D eigenvalue weighted by Gasteiger charge is -2.25. The summed E-state index contributed by atoms with van der Waals surface area (Å²) >= 11 is 0. The van der Waals surface area contributed by atoms with Crippen LogP contribution in [-0.2, 0) is 11.2 Å². The first kappa shape index (κ1) is 19.0. The van der Waals surface area contributed by atoms with E-state index in [2.05, 4.69) is 10.1 Å². The van der Waals surface area contributed by atoms with E-state index in [1.54, 1.807) is 32.6 Å². The number of likely N-dealkylation sites (tertiary alicyclic amines) is 1. The molecule has 29 heavy (non-hydrogen) atoms. The number of ether oxygens (including phenoxy) is 2. The quantitative estimate of drug-likeness (QED) is 0.601. The van der Waals surface area contributed by atoms with Crippen LogP contribution >= 0.6 is 0 Å². The number of furan rings is 1. The highest BCUT2D eigenvalue weighted by molar-refractivity contribution is 5.77. The molecule has 0 N–H and O–H groups in total. The van der Waals surface area contributed by atoms with Gasteiger partial charge in [-0.25, -0.2) is 0 Å². The van der Waals surface area contributed by atoms with Gasteiger partial charge < -0.3 is 23.3 Å². The van der Waals surface area contributed by atoms with Crippen molar-refractivity contribution < 1.29 is 23.2 Å². The number of amides is 1. The molecule has 3 aromatic rings. The molecule has 1 unspecified atom stereocenters. The summed E-state index contributed by atoms with van der Waals surface area (Å²) in [5.41, 5.74) is 1.05. The van der Waals surface area contributed by atoms with Crippen molar-refractivity contribution in [2.75, 3.05) is 20.8 Å². The van der Waals surface area contributed by atoms with E-state index in [1.165, 1.54) is 0 Å². The third kappa shape index (κ3) is 3.96. The lowest BCUT2D eigenvalue weighted by molar-refractivity contribution is -0.132. The number of methoxy groups -OCH3 is 2. The summed E-state index contributed by atoms with van der Waals surface area (Å²) in [6.07, 6.45) is 4.14. The molecule has 8 heteroatoms. The zero-order valence-electron chi connectivity index (χ0n) is 16.5. The number of aryl methyl sites for hydroxylation is 1. The van der Waals surface area contributed by atoms with E-state index in [9.17, 15) is 4.79 Å². The van der Waals surface area contributed by atoms with Crippen molar-refractivity contribution in [1.82, 2.24) is 15.0 Å². The van der Waals surface area contributed by atoms with Crippen LogP contribution in [0, 0.1) is 0 Å². The standard InChI is InChI=1S/C21H23N3O5/c1-26-16-8-7-14(13-18(16)27-2)15-5-3-11-24(15)20(25)10-9-19-22-21(23-29-19)17-6-4-12-28-17/h4,6-8,12-13,15H,3,5,9-11H2,1-2H3. The summed E-state index contributed by atoms with van der Waals surface area (Å²) < 4.78 is 21.2. The Balaban J connectivity index is 1.42. The Labute approximate surface area is 168 Å². The maximum absolute atomic E-state index is 12.9. The van der Waals surface area contributed by atoms with Crippen LogP contribution in [0.2, 0.25) is 0 Å². The minimum absolute atomic E-state index is 0.0312. The molecule has 1 amide bonds. The van der Waals surface area contributed by atoms with Gasteiger partial charge in [-0.1, -0.05) is 11.2 Å². The molecule has 0 bridgehead atoms. The first-order valence-corrected chi connectivity index (χ1v) is 9.57. The fraction of sp³-hybridized carbons (Fsp3) is 0.381. The van der Waals surface area contributed by atoms with E-state index in [0.717, 1.165) is 24.9 Å². The van der Waals surface area contributed by atoms with Crippen LogP contribution in [0.4, 0.5) is 0 Å². The highest BCUT2D eigenvalue weighted by Gasteiger charge is 2.30. The monoisotopic (exact) mass is 397 g/mol. The minimum atomic E-state index is 0.0312. The van der Waals surface area contributed by atoms with Crippen molar-refractivity contribution in [3.63, 3.8) is 0 Å². The number of hydrogen-bond acceptors (Lipinski definition) is 7. The molecule has 4 rings (SSSR count). The number of hydrogen-bond donors (Lipinski definition) is 0. The Kier molecular flexibility index (Phi) is 5.50. The molecule has 0 radical (unpaired) electrons. The molecule has 8 nitrogen and oxygen atoms in total. The number of benzene rings is 1. The molecular formula is C21H23N3O5. The summed E-state index contributed by atoms with van der Waals surface area (Å²) in [6, 6.07) is 9.37. The van der Waals surface area contributed by atoms with Crippen molar-refractivity contribution in [1.29, 1.82) is 0 Å². The molecule has 1 aromatic carbocycles. The number of carbonyl (C=O) groups excluding carboxylic acids is 1. The summed E-state index contributed by atoms with van der Waals surface area (Å²) in [5, 5.41) is 3.90. The van der Waals surface area contributed by atoms with Crippen molar-refractivity contribution in [2.24, 2.45) is 0 Å². The van der Waals surface area contributed by atoms with E-state index in [1.807, 2.05) is 23.1 Å². The number of rotatable bonds is 7. The number of nitrogens with zero attached hydrogens (tertiary/aromatic N) is 3. The molecular weight excluding hydrogens is 374 g/mol. The third-order valence-corrected chi connectivity index (χ3v) is 5.13. The second-order valence-corrected chi connectivity index (χ2v) is 6.85. The second-order valence-electron chi connectivity index (χ2n) is 6.85. The Hall–Kier alpha value is -3.29. The van der Waals surface area contributed by atoms with Gasteiger partial charge in [-0.3, -0.25) is 4.79 Å². The summed E-state index contributed by atoms with van der Waals surface area (Å²) in [5.74, 6) is 2.77. The molecule has 1 aliphatic heterocycles. The van der Waals surface area contributed by atoms with Gasteiger partial charge in [0.25, 0.3) is 0 Å². The predicted octanol–water partition coefficient (Wildman–Crippen LogP) is 3.64. The average Bonchev–Trinajstić information content (AvgIpc) is 3.52. The smallest absolute Gasteiger partial charge is 0.238 e. The predicted molar refractivity (Wildman–Crippen MR) is 104 cm³/mol. The second kappa shape index (κ2) is 8.38. The molecule has 1 fully saturated rings. The Bertz CT molecular complexity index is 967. The zero-order valence-corrected chi connectivity index (χ0v) is 16.5. The summed E-state index contributed by atoms with van der Waals surface area (Å²) in [4.78, 5) is 19.1. The average molecular weight is 397 g/mol. The Morgan fingerprint density at radius 1 is 1.24 bits per heavy atom. The van der Waals surface area contributed by atoms with Crippen LogP contribution in [0.5, 0.6) is 11.5 Å². The first-order valence-electron chi connectivity index (χ1n) is 9.57. The summed E-state index contributed by atoms with van der Waals surface area (Å²) in [7, 11) is 3.22. The molecule has 1 atom stereocenters.